The van der Waals surface area contributed by atoms with Gasteiger partial charge in [0, 0.05) is 0 Å². The van der Waals surface area contributed by atoms with Gasteiger partial charge in [0.2, 0.25) is 0 Å². The molecule has 0 aliphatic heterocycles. The van der Waals surface area contributed by atoms with Gasteiger partial charge in [0.05, 0.1) is 23.5 Å². The van der Waals surface area contributed by atoms with Crippen molar-refractivity contribution in [1.82, 2.24) is 9.78 Å². The van der Waals surface area contributed by atoms with E-state index in [1.807, 2.05) is 82.3 Å². The number of hydrogen-bond acceptors (Lipinski definition) is 5. The molecule has 30 heavy (non-hydrogen) atoms. The summed E-state index contributed by atoms with van der Waals surface area (Å²) < 4.78 is 13.0. The van der Waals surface area contributed by atoms with Crippen LogP contribution in [0.15, 0.2) is 54.6 Å². The van der Waals surface area contributed by atoms with E-state index in [9.17, 15) is 10.1 Å². The molecule has 154 valence electrons. The second-order valence-corrected chi connectivity index (χ2v) is 7.96. The number of carbonyl (C=O) groups is 1. The Morgan fingerprint density at radius 3 is 2.37 bits per heavy atom. The molecule has 3 rings (SSSR count). The van der Waals surface area contributed by atoms with Crippen LogP contribution in [0, 0.1) is 18.3 Å². The Morgan fingerprint density at radius 2 is 1.77 bits per heavy atom. The van der Waals surface area contributed by atoms with E-state index in [0.29, 0.717) is 22.7 Å². The van der Waals surface area contributed by atoms with Crippen LogP contribution in [0.25, 0.3) is 5.69 Å². The third-order valence-electron chi connectivity index (χ3n) is 4.34. The first-order chi connectivity index (χ1) is 14.3. The molecule has 0 atom stereocenters. The summed E-state index contributed by atoms with van der Waals surface area (Å²) in [6.07, 6.45) is 0.204. The number of para-hydroxylation sites is 1. The number of aryl methyl sites for hydroxylation is 1. The van der Waals surface area contributed by atoms with E-state index in [1.54, 1.807) is 4.68 Å². The van der Waals surface area contributed by atoms with Crippen molar-refractivity contribution < 1.29 is 14.3 Å². The number of nitriles is 1. The van der Waals surface area contributed by atoms with Crippen LogP contribution >= 0.6 is 0 Å². The molecule has 6 nitrogen and oxygen atoms in total. The molecule has 0 aliphatic rings. The van der Waals surface area contributed by atoms with Crippen LogP contribution < -0.4 is 4.74 Å². The van der Waals surface area contributed by atoms with Crippen LogP contribution in [0.3, 0.4) is 0 Å². The summed E-state index contributed by atoms with van der Waals surface area (Å²) >= 11 is 0. The van der Waals surface area contributed by atoms with Crippen LogP contribution in [-0.4, -0.2) is 21.4 Å². The highest BCUT2D eigenvalue weighted by atomic mass is 16.6. The van der Waals surface area contributed by atoms with E-state index in [-0.39, 0.29) is 19.0 Å². The van der Waals surface area contributed by atoms with Gasteiger partial charge < -0.3 is 9.47 Å². The fourth-order valence-electron chi connectivity index (χ4n) is 3.04. The first-order valence-corrected chi connectivity index (χ1v) is 9.74. The number of ether oxygens (including phenoxy) is 2. The van der Waals surface area contributed by atoms with Crippen LogP contribution in [0.2, 0.25) is 0 Å². The highest BCUT2D eigenvalue weighted by Crippen LogP contribution is 2.21. The molecule has 0 saturated carbocycles. The first-order valence-electron chi connectivity index (χ1n) is 9.74. The third-order valence-corrected chi connectivity index (χ3v) is 4.34. The number of hydrogen-bond donors (Lipinski definition) is 0. The molecule has 1 aromatic heterocycles. The SMILES string of the molecule is Cc1nn(-c2ccccc2)c(COc2ccc(CC(=O)OC(C)(C)C)cc2)c1C#N. The van der Waals surface area contributed by atoms with Crippen molar-refractivity contribution in [3.05, 3.63) is 77.1 Å². The van der Waals surface area contributed by atoms with Crippen LogP contribution in [0.4, 0.5) is 0 Å². The molecule has 0 radical (unpaired) electrons. The highest BCUT2D eigenvalue weighted by molar-refractivity contribution is 5.73. The Morgan fingerprint density at radius 1 is 1.10 bits per heavy atom. The molecule has 0 saturated heterocycles. The highest BCUT2D eigenvalue weighted by Gasteiger charge is 2.18. The minimum absolute atomic E-state index is 0.198. The third kappa shape index (κ3) is 5.26. The summed E-state index contributed by atoms with van der Waals surface area (Å²) in [4.78, 5) is 12.0. The smallest absolute Gasteiger partial charge is 0.310 e. The molecule has 6 heteroatoms. The van der Waals surface area contributed by atoms with Gasteiger partial charge in [0.1, 0.15) is 29.6 Å². The Hall–Kier alpha value is -3.59. The van der Waals surface area contributed by atoms with Gasteiger partial charge in [-0.3, -0.25) is 4.79 Å². The number of aromatic nitrogens is 2. The average Bonchev–Trinajstić information content (AvgIpc) is 3.02. The van der Waals surface area contributed by atoms with Gasteiger partial charge in [-0.15, -0.1) is 0 Å². The zero-order chi connectivity index (χ0) is 21.7. The van der Waals surface area contributed by atoms with E-state index in [4.69, 9.17) is 9.47 Å². The Bertz CT molecular complexity index is 1060. The molecule has 0 fully saturated rings. The second-order valence-electron chi connectivity index (χ2n) is 7.96. The minimum atomic E-state index is -0.502. The van der Waals surface area contributed by atoms with Crippen molar-refractivity contribution in [3.63, 3.8) is 0 Å². The number of carbonyl (C=O) groups excluding carboxylic acids is 1. The summed E-state index contributed by atoms with van der Waals surface area (Å²) in [5.41, 5.74) is 3.08. The molecular weight excluding hydrogens is 378 g/mol. The van der Waals surface area contributed by atoms with Crippen LogP contribution in [-0.2, 0) is 22.6 Å². The number of esters is 1. The average molecular weight is 403 g/mol. The minimum Gasteiger partial charge on any atom is -0.487 e. The molecule has 0 N–H and O–H groups in total. The predicted octanol–water partition coefficient (Wildman–Crippen LogP) is 4.52. The number of rotatable bonds is 6. The summed E-state index contributed by atoms with van der Waals surface area (Å²) in [6.45, 7) is 7.55. The van der Waals surface area contributed by atoms with Crippen molar-refractivity contribution >= 4 is 5.97 Å². The summed E-state index contributed by atoms with van der Waals surface area (Å²) in [7, 11) is 0. The summed E-state index contributed by atoms with van der Waals surface area (Å²) in [5.74, 6) is 0.377. The second kappa shape index (κ2) is 8.83. The van der Waals surface area contributed by atoms with E-state index in [2.05, 4.69) is 11.2 Å². The van der Waals surface area contributed by atoms with Gasteiger partial charge in [-0.2, -0.15) is 10.4 Å². The normalized spacial score (nSPS) is 11.0. The maximum absolute atomic E-state index is 12.0. The quantitative estimate of drug-likeness (QED) is 0.566. The fraction of sp³-hybridized carbons (Fsp3) is 0.292. The lowest BCUT2D eigenvalue weighted by Crippen LogP contribution is -2.24. The Labute approximate surface area is 176 Å². The van der Waals surface area contributed by atoms with Gasteiger partial charge in [-0.1, -0.05) is 30.3 Å². The van der Waals surface area contributed by atoms with E-state index in [1.165, 1.54) is 0 Å². The van der Waals surface area contributed by atoms with Crippen LogP contribution in [0.1, 0.15) is 43.3 Å². The molecule has 0 aliphatic carbocycles. The van der Waals surface area contributed by atoms with Gasteiger partial charge in [-0.05, 0) is 57.5 Å². The van der Waals surface area contributed by atoms with Crippen molar-refractivity contribution in [3.8, 4) is 17.5 Å². The van der Waals surface area contributed by atoms with Gasteiger partial charge in [-0.25, -0.2) is 4.68 Å². The lowest BCUT2D eigenvalue weighted by Gasteiger charge is -2.19. The molecular formula is C24H25N3O3. The first kappa shape index (κ1) is 21.1. The topological polar surface area (TPSA) is 77.1 Å². The summed E-state index contributed by atoms with van der Waals surface area (Å²) in [5, 5.41) is 14.1. The number of benzene rings is 2. The molecule has 0 bridgehead atoms. The molecule has 0 spiro atoms. The maximum Gasteiger partial charge on any atom is 0.310 e. The lowest BCUT2D eigenvalue weighted by molar-refractivity contribution is -0.153. The molecule has 3 aromatic rings. The van der Waals surface area contributed by atoms with Gasteiger partial charge in [0.25, 0.3) is 0 Å². The van der Waals surface area contributed by atoms with Crippen molar-refractivity contribution in [2.45, 2.75) is 46.3 Å². The fourth-order valence-corrected chi connectivity index (χ4v) is 3.04. The number of nitrogens with zero attached hydrogens (tertiary/aromatic N) is 3. The zero-order valence-electron chi connectivity index (χ0n) is 17.7. The standard InChI is InChI=1S/C24H25N3O3/c1-17-21(15-25)22(27(26-17)19-8-6-5-7-9-19)16-29-20-12-10-18(11-13-20)14-23(28)30-24(2,3)4/h5-13H,14,16H2,1-4H3. The molecule has 0 unspecified atom stereocenters. The maximum atomic E-state index is 12.0. The van der Waals surface area contributed by atoms with Gasteiger partial charge >= 0.3 is 5.97 Å². The molecule has 1 heterocycles. The summed E-state index contributed by atoms with van der Waals surface area (Å²) in [6, 6.07) is 19.2. The van der Waals surface area contributed by atoms with Crippen molar-refractivity contribution in [2.24, 2.45) is 0 Å². The molecule has 2 aromatic carbocycles. The van der Waals surface area contributed by atoms with Gasteiger partial charge in [0.15, 0.2) is 0 Å². The zero-order valence-corrected chi connectivity index (χ0v) is 17.7. The molecule has 0 amide bonds. The van der Waals surface area contributed by atoms with Crippen molar-refractivity contribution in [2.75, 3.05) is 0 Å². The van der Waals surface area contributed by atoms with Crippen LogP contribution in [0.5, 0.6) is 5.75 Å². The lowest BCUT2D eigenvalue weighted by atomic mass is 10.1. The predicted molar refractivity (Wildman–Crippen MR) is 113 cm³/mol. The van der Waals surface area contributed by atoms with E-state index < -0.39 is 5.60 Å². The van der Waals surface area contributed by atoms with Crippen molar-refractivity contribution in [1.29, 1.82) is 5.26 Å². The van der Waals surface area contributed by atoms with E-state index in [0.717, 1.165) is 11.3 Å². The largest absolute Gasteiger partial charge is 0.487 e. The Balaban J connectivity index is 1.72. The van der Waals surface area contributed by atoms with E-state index >= 15 is 0 Å². The monoisotopic (exact) mass is 403 g/mol. The Kier molecular flexibility index (Phi) is 6.22.